The number of anilines is 1. The van der Waals surface area contributed by atoms with E-state index < -0.39 is 34.3 Å². The van der Waals surface area contributed by atoms with Gasteiger partial charge in [0.2, 0.25) is 11.8 Å². The fraction of sp³-hybridized carbons (Fsp3) is 0.286. The first-order valence-electron chi connectivity index (χ1n) is 12.3. The van der Waals surface area contributed by atoms with Crippen molar-refractivity contribution in [2.45, 2.75) is 50.7 Å². The average Bonchev–Trinajstić information content (AvgIpc) is 2.92. The van der Waals surface area contributed by atoms with E-state index in [4.69, 9.17) is 23.2 Å². The number of benzene rings is 3. The Balaban J connectivity index is 2.01. The van der Waals surface area contributed by atoms with Gasteiger partial charge in [-0.1, -0.05) is 54.4 Å². The van der Waals surface area contributed by atoms with Gasteiger partial charge in [0, 0.05) is 12.6 Å². The third-order valence-corrected chi connectivity index (χ3v) is 8.76. The molecule has 3 rings (SSSR count). The van der Waals surface area contributed by atoms with Crippen LogP contribution in [0.5, 0.6) is 0 Å². The quantitative estimate of drug-likeness (QED) is 0.311. The molecule has 3 aromatic carbocycles. The van der Waals surface area contributed by atoms with Crippen LogP contribution in [0.15, 0.2) is 77.7 Å². The highest BCUT2D eigenvalue weighted by atomic mass is 35.5. The molecule has 2 atom stereocenters. The Morgan fingerprint density at radius 3 is 2.18 bits per heavy atom. The first-order valence-corrected chi connectivity index (χ1v) is 14.5. The number of sulfonamides is 1. The van der Waals surface area contributed by atoms with E-state index in [0.29, 0.717) is 17.0 Å². The van der Waals surface area contributed by atoms with Crippen molar-refractivity contribution in [3.63, 3.8) is 0 Å². The summed E-state index contributed by atoms with van der Waals surface area (Å²) in [5, 5.41) is 3.49. The van der Waals surface area contributed by atoms with Crippen molar-refractivity contribution in [1.82, 2.24) is 10.2 Å². The Morgan fingerprint density at radius 2 is 1.59 bits per heavy atom. The molecule has 0 bridgehead atoms. The molecule has 0 saturated carbocycles. The zero-order chi connectivity index (χ0) is 28.7. The summed E-state index contributed by atoms with van der Waals surface area (Å²) in [6.45, 7) is 4.72. The largest absolute Gasteiger partial charge is 0.352 e. The van der Waals surface area contributed by atoms with Gasteiger partial charge in [0.1, 0.15) is 18.4 Å². The average molecular weight is 595 g/mol. The predicted octanol–water partition coefficient (Wildman–Crippen LogP) is 5.66. The lowest BCUT2D eigenvalue weighted by Crippen LogP contribution is -2.52. The van der Waals surface area contributed by atoms with Crippen LogP contribution in [-0.4, -0.2) is 43.8 Å². The minimum Gasteiger partial charge on any atom is -0.352 e. The molecule has 208 valence electrons. The number of hydrogen-bond acceptors (Lipinski definition) is 4. The van der Waals surface area contributed by atoms with Crippen molar-refractivity contribution >= 4 is 50.7 Å². The fourth-order valence-corrected chi connectivity index (χ4v) is 5.47. The van der Waals surface area contributed by atoms with Crippen LogP contribution in [0.1, 0.15) is 32.8 Å². The Kier molecular flexibility index (Phi) is 10.4. The van der Waals surface area contributed by atoms with Crippen molar-refractivity contribution in [3.8, 4) is 0 Å². The topological polar surface area (TPSA) is 86.8 Å². The number of carbonyl (C=O) groups is 2. The van der Waals surface area contributed by atoms with E-state index in [1.165, 1.54) is 4.90 Å². The maximum atomic E-state index is 13.8. The van der Waals surface area contributed by atoms with Gasteiger partial charge in [-0.3, -0.25) is 13.9 Å². The number of amides is 2. The van der Waals surface area contributed by atoms with Gasteiger partial charge in [0.25, 0.3) is 10.0 Å². The van der Waals surface area contributed by atoms with E-state index in [2.05, 4.69) is 5.32 Å². The molecule has 0 spiro atoms. The standard InChI is InChI=1S/C28H30Cl2FN3O4S/c1-4-19(2)32-28(36)20(3)33(17-21-10-15-25(29)26(30)16-21)27(35)18-34(23-8-6-5-7-9-23)39(37,38)24-13-11-22(31)12-14-24/h5-16,19-20H,4,17-18H2,1-3H3,(H,32,36). The molecular formula is C28H30Cl2FN3O4S. The molecule has 1 N–H and O–H groups in total. The van der Waals surface area contributed by atoms with Gasteiger partial charge in [0.15, 0.2) is 0 Å². The SMILES string of the molecule is CCC(C)NC(=O)C(C)N(Cc1ccc(Cl)c(Cl)c1)C(=O)CN(c1ccccc1)S(=O)(=O)c1ccc(F)cc1. The van der Waals surface area contributed by atoms with Gasteiger partial charge in [0.05, 0.1) is 20.6 Å². The number of halogens is 3. The van der Waals surface area contributed by atoms with Crippen molar-refractivity contribution in [2.75, 3.05) is 10.8 Å². The van der Waals surface area contributed by atoms with Gasteiger partial charge < -0.3 is 10.2 Å². The first-order chi connectivity index (χ1) is 18.4. The Hall–Kier alpha value is -3.14. The molecule has 7 nitrogen and oxygen atoms in total. The van der Waals surface area contributed by atoms with E-state index in [0.717, 1.165) is 28.6 Å². The predicted molar refractivity (Wildman–Crippen MR) is 152 cm³/mol. The van der Waals surface area contributed by atoms with Gasteiger partial charge in [-0.25, -0.2) is 12.8 Å². The highest BCUT2D eigenvalue weighted by molar-refractivity contribution is 7.92. The monoisotopic (exact) mass is 593 g/mol. The number of nitrogens with one attached hydrogen (secondary N) is 1. The summed E-state index contributed by atoms with van der Waals surface area (Å²) >= 11 is 12.2. The molecule has 0 heterocycles. The summed E-state index contributed by atoms with van der Waals surface area (Å²) in [5.74, 6) is -1.60. The maximum absolute atomic E-state index is 13.8. The molecule has 0 aromatic heterocycles. The summed E-state index contributed by atoms with van der Waals surface area (Å²) < 4.78 is 41.8. The molecule has 11 heteroatoms. The maximum Gasteiger partial charge on any atom is 0.264 e. The fourth-order valence-electron chi connectivity index (χ4n) is 3.74. The number of para-hydroxylation sites is 1. The van der Waals surface area contributed by atoms with Crippen LogP contribution in [0, 0.1) is 5.82 Å². The van der Waals surface area contributed by atoms with Crippen molar-refractivity contribution in [3.05, 3.63) is 94.2 Å². The van der Waals surface area contributed by atoms with Gasteiger partial charge >= 0.3 is 0 Å². The van der Waals surface area contributed by atoms with Crippen LogP contribution < -0.4 is 9.62 Å². The van der Waals surface area contributed by atoms with Crippen LogP contribution in [0.3, 0.4) is 0 Å². The molecule has 0 radical (unpaired) electrons. The van der Waals surface area contributed by atoms with Crippen LogP contribution in [0.2, 0.25) is 10.0 Å². The first kappa shape index (κ1) is 30.4. The summed E-state index contributed by atoms with van der Waals surface area (Å²) in [6.07, 6.45) is 0.691. The molecule has 2 amide bonds. The number of nitrogens with zero attached hydrogens (tertiary/aromatic N) is 2. The Morgan fingerprint density at radius 1 is 0.949 bits per heavy atom. The lowest BCUT2D eigenvalue weighted by molar-refractivity contribution is -0.139. The lowest BCUT2D eigenvalue weighted by Gasteiger charge is -2.32. The molecule has 2 unspecified atom stereocenters. The van der Waals surface area contributed by atoms with E-state index in [9.17, 15) is 22.4 Å². The van der Waals surface area contributed by atoms with E-state index >= 15 is 0 Å². The smallest absolute Gasteiger partial charge is 0.264 e. The highest BCUT2D eigenvalue weighted by Crippen LogP contribution is 2.26. The third kappa shape index (κ3) is 7.71. The molecule has 0 aliphatic carbocycles. The Bertz CT molecular complexity index is 1410. The van der Waals surface area contributed by atoms with Crippen LogP contribution in [0.25, 0.3) is 0 Å². The van der Waals surface area contributed by atoms with Crippen molar-refractivity contribution in [1.29, 1.82) is 0 Å². The zero-order valence-electron chi connectivity index (χ0n) is 21.8. The molecular weight excluding hydrogens is 564 g/mol. The van der Waals surface area contributed by atoms with Gasteiger partial charge in [-0.05, 0) is 74.4 Å². The summed E-state index contributed by atoms with van der Waals surface area (Å²) in [5.41, 5.74) is 0.843. The van der Waals surface area contributed by atoms with Gasteiger partial charge in [-0.2, -0.15) is 0 Å². The molecule has 0 saturated heterocycles. The van der Waals surface area contributed by atoms with Gasteiger partial charge in [-0.15, -0.1) is 0 Å². The molecule has 3 aromatic rings. The molecule has 0 aliphatic heterocycles. The molecule has 39 heavy (non-hydrogen) atoms. The summed E-state index contributed by atoms with van der Waals surface area (Å²) in [7, 11) is -4.27. The Labute approximate surface area is 238 Å². The van der Waals surface area contributed by atoms with Crippen LogP contribution in [-0.2, 0) is 26.2 Å². The third-order valence-electron chi connectivity index (χ3n) is 6.23. The normalized spacial score (nSPS) is 12.9. The number of hydrogen-bond donors (Lipinski definition) is 1. The highest BCUT2D eigenvalue weighted by Gasteiger charge is 2.32. The van der Waals surface area contributed by atoms with E-state index in [1.54, 1.807) is 55.5 Å². The molecule has 0 aliphatic rings. The second-order valence-corrected chi connectivity index (χ2v) is 11.7. The summed E-state index contributed by atoms with van der Waals surface area (Å²) in [4.78, 5) is 28.0. The molecule has 0 fully saturated rings. The minimum absolute atomic E-state index is 0.0238. The number of carbonyl (C=O) groups excluding carboxylic acids is 2. The van der Waals surface area contributed by atoms with Crippen molar-refractivity contribution < 1.29 is 22.4 Å². The lowest BCUT2D eigenvalue weighted by atomic mass is 10.1. The summed E-state index contributed by atoms with van der Waals surface area (Å²) in [6, 6.07) is 16.2. The zero-order valence-corrected chi connectivity index (χ0v) is 24.1. The second kappa shape index (κ2) is 13.3. The minimum atomic E-state index is -4.27. The van der Waals surface area contributed by atoms with E-state index in [-0.39, 0.29) is 34.1 Å². The van der Waals surface area contributed by atoms with Crippen LogP contribution in [0.4, 0.5) is 10.1 Å². The van der Waals surface area contributed by atoms with Crippen LogP contribution >= 0.6 is 23.2 Å². The second-order valence-electron chi connectivity index (χ2n) is 9.07. The number of rotatable bonds is 11. The van der Waals surface area contributed by atoms with E-state index in [1.807, 2.05) is 13.8 Å². The van der Waals surface area contributed by atoms with Crippen molar-refractivity contribution in [2.24, 2.45) is 0 Å².